The van der Waals surface area contributed by atoms with Crippen molar-refractivity contribution >= 4 is 29.1 Å². The Kier molecular flexibility index (Phi) is 4.90. The molecule has 2 aromatic carbocycles. The Labute approximate surface area is 166 Å². The van der Waals surface area contributed by atoms with Crippen LogP contribution < -0.4 is 16.0 Å². The predicted molar refractivity (Wildman–Crippen MR) is 108 cm³/mol. The van der Waals surface area contributed by atoms with Gasteiger partial charge in [0.05, 0.1) is 13.1 Å². The lowest BCUT2D eigenvalue weighted by Gasteiger charge is -2.13. The van der Waals surface area contributed by atoms with Gasteiger partial charge in [-0.05, 0) is 36.5 Å². The van der Waals surface area contributed by atoms with E-state index in [-0.39, 0.29) is 11.2 Å². The number of hydrogen-bond acceptors (Lipinski definition) is 6. The van der Waals surface area contributed by atoms with E-state index < -0.39 is 6.09 Å². The van der Waals surface area contributed by atoms with Crippen LogP contribution in [0.3, 0.4) is 0 Å². The zero-order valence-corrected chi connectivity index (χ0v) is 15.6. The number of benzene rings is 2. The number of ether oxygens (including phenoxy) is 1. The van der Waals surface area contributed by atoms with Crippen LogP contribution >= 0.6 is 12.2 Å². The van der Waals surface area contributed by atoms with E-state index in [2.05, 4.69) is 15.5 Å². The molecule has 1 atom stereocenters. The van der Waals surface area contributed by atoms with Crippen molar-refractivity contribution in [1.29, 1.82) is 0 Å². The minimum Gasteiger partial charge on any atom is -0.442 e. The molecule has 1 aliphatic heterocycles. The first-order valence-corrected chi connectivity index (χ1v) is 9.02. The fourth-order valence-electron chi connectivity index (χ4n) is 2.88. The summed E-state index contributed by atoms with van der Waals surface area (Å²) >= 11 is 4.77. The van der Waals surface area contributed by atoms with Crippen molar-refractivity contribution in [2.45, 2.75) is 6.10 Å². The van der Waals surface area contributed by atoms with Crippen molar-refractivity contribution in [2.24, 2.45) is 5.73 Å². The molecule has 0 radical (unpaired) electrons. The van der Waals surface area contributed by atoms with E-state index in [0.29, 0.717) is 24.8 Å². The van der Waals surface area contributed by atoms with Crippen LogP contribution in [0, 0.1) is 0 Å². The number of nitrogens with zero attached hydrogens (tertiary/aromatic N) is 3. The van der Waals surface area contributed by atoms with Crippen LogP contribution in [0.4, 0.5) is 10.5 Å². The third kappa shape index (κ3) is 3.79. The molecule has 3 N–H and O–H groups in total. The quantitative estimate of drug-likeness (QED) is 0.635. The number of carbonyl (C=O) groups excluding carboxylic acids is 1. The minimum absolute atomic E-state index is 0.174. The highest BCUT2D eigenvalue weighted by Gasteiger charge is 2.32. The maximum Gasteiger partial charge on any atom is 0.414 e. The highest BCUT2D eigenvalue weighted by atomic mass is 32.1. The topological polar surface area (TPSA) is 107 Å². The number of thiocarbonyl (C=S) groups is 1. The summed E-state index contributed by atoms with van der Waals surface area (Å²) in [5.41, 5.74) is 7.77. The molecule has 1 fully saturated rings. The average molecular weight is 395 g/mol. The summed E-state index contributed by atoms with van der Waals surface area (Å²) in [7, 11) is 0. The molecule has 8 nitrogen and oxygen atoms in total. The van der Waals surface area contributed by atoms with Crippen molar-refractivity contribution in [1.82, 2.24) is 15.5 Å². The molecule has 2 heterocycles. The van der Waals surface area contributed by atoms with Crippen molar-refractivity contribution in [3.63, 3.8) is 0 Å². The number of nitrogens with one attached hydrogen (secondary N) is 1. The van der Waals surface area contributed by atoms with Gasteiger partial charge in [0.1, 0.15) is 6.10 Å². The summed E-state index contributed by atoms with van der Waals surface area (Å²) in [6.45, 7) is 0.784. The number of nitrogens with two attached hydrogens (primary N) is 1. The molecule has 0 aliphatic carbocycles. The predicted octanol–water partition coefficient (Wildman–Crippen LogP) is 2.56. The van der Waals surface area contributed by atoms with Gasteiger partial charge >= 0.3 is 6.09 Å². The molecule has 1 aliphatic rings. The first kappa shape index (κ1) is 17.9. The SMILES string of the molecule is NC(=S)NCC1CN(c2ccc(-c3nc(-c4ccccc4)no3)cc2)C(=O)O1. The number of amides is 1. The monoisotopic (exact) mass is 395 g/mol. The molecule has 1 aromatic heterocycles. The van der Waals surface area contributed by atoms with Gasteiger partial charge in [0.15, 0.2) is 5.11 Å². The third-order valence-corrected chi connectivity index (χ3v) is 4.41. The van der Waals surface area contributed by atoms with Crippen LogP contribution in [0.25, 0.3) is 22.8 Å². The summed E-state index contributed by atoms with van der Waals surface area (Å²) in [5.74, 6) is 0.934. The molecular formula is C19H17N5O3S. The van der Waals surface area contributed by atoms with E-state index in [0.717, 1.165) is 16.8 Å². The Morgan fingerprint density at radius 3 is 2.64 bits per heavy atom. The lowest BCUT2D eigenvalue weighted by Crippen LogP contribution is -2.37. The highest BCUT2D eigenvalue weighted by molar-refractivity contribution is 7.80. The Morgan fingerprint density at radius 1 is 1.18 bits per heavy atom. The summed E-state index contributed by atoms with van der Waals surface area (Å²) in [6, 6.07) is 16.9. The summed E-state index contributed by atoms with van der Waals surface area (Å²) in [5, 5.41) is 7.00. The van der Waals surface area contributed by atoms with E-state index in [1.165, 1.54) is 0 Å². The number of rotatable bonds is 5. The number of cyclic esters (lactones) is 1. The molecule has 1 saturated heterocycles. The number of anilines is 1. The number of carbonyl (C=O) groups is 1. The standard InChI is InChI=1S/C19H17N5O3S/c20-18(28)21-10-15-11-24(19(25)26-15)14-8-6-13(7-9-14)17-22-16(23-27-17)12-4-2-1-3-5-12/h1-9,15H,10-11H2,(H3,20,21,28). The van der Waals surface area contributed by atoms with Crippen molar-refractivity contribution in [2.75, 3.05) is 18.0 Å². The zero-order valence-electron chi connectivity index (χ0n) is 14.7. The molecule has 3 aromatic rings. The average Bonchev–Trinajstić information content (AvgIpc) is 3.34. The Balaban J connectivity index is 1.47. The van der Waals surface area contributed by atoms with E-state index in [9.17, 15) is 4.79 Å². The minimum atomic E-state index is -0.411. The van der Waals surface area contributed by atoms with Crippen LogP contribution in [0.15, 0.2) is 59.1 Å². The molecule has 0 spiro atoms. The molecule has 1 amide bonds. The second-order valence-electron chi connectivity index (χ2n) is 6.20. The van der Waals surface area contributed by atoms with Crippen LogP contribution in [0.5, 0.6) is 0 Å². The van der Waals surface area contributed by atoms with Crippen molar-refractivity contribution in [3.8, 4) is 22.8 Å². The van der Waals surface area contributed by atoms with E-state index >= 15 is 0 Å². The first-order chi connectivity index (χ1) is 13.6. The smallest absolute Gasteiger partial charge is 0.414 e. The lowest BCUT2D eigenvalue weighted by atomic mass is 10.2. The maximum absolute atomic E-state index is 12.1. The van der Waals surface area contributed by atoms with Crippen LogP contribution in [-0.4, -0.2) is 40.5 Å². The molecule has 28 heavy (non-hydrogen) atoms. The van der Waals surface area contributed by atoms with E-state index in [1.807, 2.05) is 54.6 Å². The Bertz CT molecular complexity index is 990. The Hall–Kier alpha value is -3.46. The number of aromatic nitrogens is 2. The fourth-order valence-corrected chi connectivity index (χ4v) is 2.97. The molecular weight excluding hydrogens is 378 g/mol. The second kappa shape index (κ2) is 7.65. The van der Waals surface area contributed by atoms with Gasteiger partial charge in [-0.1, -0.05) is 35.5 Å². The van der Waals surface area contributed by atoms with Gasteiger partial charge in [-0.2, -0.15) is 4.98 Å². The molecule has 0 saturated carbocycles. The van der Waals surface area contributed by atoms with Gasteiger partial charge in [-0.15, -0.1) is 0 Å². The van der Waals surface area contributed by atoms with Crippen molar-refractivity contribution in [3.05, 3.63) is 54.6 Å². The summed E-state index contributed by atoms with van der Waals surface area (Å²) in [4.78, 5) is 18.1. The van der Waals surface area contributed by atoms with Crippen LogP contribution in [0.2, 0.25) is 0 Å². The molecule has 4 rings (SSSR count). The van der Waals surface area contributed by atoms with Gasteiger partial charge in [0.2, 0.25) is 5.82 Å². The lowest BCUT2D eigenvalue weighted by molar-refractivity contribution is 0.143. The Morgan fingerprint density at radius 2 is 1.93 bits per heavy atom. The van der Waals surface area contributed by atoms with Gasteiger partial charge < -0.3 is 20.3 Å². The largest absolute Gasteiger partial charge is 0.442 e. The van der Waals surface area contributed by atoms with Crippen LogP contribution in [0.1, 0.15) is 0 Å². The number of hydrogen-bond donors (Lipinski definition) is 2. The van der Waals surface area contributed by atoms with Gasteiger partial charge in [-0.3, -0.25) is 4.90 Å². The first-order valence-electron chi connectivity index (χ1n) is 8.61. The van der Waals surface area contributed by atoms with Crippen LogP contribution in [-0.2, 0) is 4.74 Å². The fraction of sp³-hybridized carbons (Fsp3) is 0.158. The molecule has 0 bridgehead atoms. The second-order valence-corrected chi connectivity index (χ2v) is 6.64. The zero-order chi connectivity index (χ0) is 19.5. The van der Waals surface area contributed by atoms with Gasteiger partial charge in [-0.25, -0.2) is 4.79 Å². The normalized spacial score (nSPS) is 16.1. The third-order valence-electron chi connectivity index (χ3n) is 4.26. The van der Waals surface area contributed by atoms with Gasteiger partial charge in [0.25, 0.3) is 5.89 Å². The highest BCUT2D eigenvalue weighted by Crippen LogP contribution is 2.26. The van der Waals surface area contributed by atoms with Gasteiger partial charge in [0, 0.05) is 16.8 Å². The molecule has 142 valence electrons. The maximum atomic E-state index is 12.1. The van der Waals surface area contributed by atoms with Crippen molar-refractivity contribution < 1.29 is 14.1 Å². The molecule has 9 heteroatoms. The van der Waals surface area contributed by atoms with E-state index in [4.69, 9.17) is 27.2 Å². The summed E-state index contributed by atoms with van der Waals surface area (Å²) < 4.78 is 10.7. The molecule has 1 unspecified atom stereocenters. The van der Waals surface area contributed by atoms with E-state index in [1.54, 1.807) is 4.90 Å². The summed E-state index contributed by atoms with van der Waals surface area (Å²) in [6.07, 6.45) is -0.732.